The van der Waals surface area contributed by atoms with Gasteiger partial charge in [-0.15, -0.1) is 0 Å². The third-order valence-electron chi connectivity index (χ3n) is 7.54. The van der Waals surface area contributed by atoms with Crippen LogP contribution in [0.2, 0.25) is 0 Å². The number of rotatable bonds is 3. The molecule has 2 aromatic rings. The number of amides is 2. The smallest absolute Gasteiger partial charge is 0.353 e. The summed E-state index contributed by atoms with van der Waals surface area (Å²) < 4.78 is 38.4. The van der Waals surface area contributed by atoms with Crippen molar-refractivity contribution >= 4 is 23.3 Å². The predicted molar refractivity (Wildman–Crippen MR) is 126 cm³/mol. The molecule has 1 aromatic heterocycles. The zero-order valence-corrected chi connectivity index (χ0v) is 19.5. The number of halogens is 3. The normalized spacial score (nSPS) is 22.8. The number of alkyl halides is 3. The average molecular weight is 487 g/mol. The van der Waals surface area contributed by atoms with E-state index in [1.807, 2.05) is 32.9 Å². The second-order valence-electron chi connectivity index (χ2n) is 9.58. The first-order chi connectivity index (χ1) is 16.8. The number of pyridine rings is 1. The molecule has 2 aliphatic heterocycles. The Morgan fingerprint density at radius 3 is 2.20 bits per heavy atom. The molecule has 2 atom stereocenters. The van der Waals surface area contributed by atoms with Crippen molar-refractivity contribution in [1.29, 1.82) is 0 Å². The molecule has 1 saturated heterocycles. The van der Waals surface area contributed by atoms with E-state index >= 15 is 0 Å². The SMILES string of the molecule is O=C(C1CCCCC1C(=O)N1CCc2ccccc21)N1CCN(c2ccc(C(F)(F)F)cn2)CC1. The van der Waals surface area contributed by atoms with E-state index in [4.69, 9.17) is 0 Å². The summed E-state index contributed by atoms with van der Waals surface area (Å²) in [4.78, 5) is 36.6. The van der Waals surface area contributed by atoms with Gasteiger partial charge in [0.2, 0.25) is 11.8 Å². The maximum absolute atomic E-state index is 13.6. The van der Waals surface area contributed by atoms with Gasteiger partial charge in [-0.1, -0.05) is 31.0 Å². The van der Waals surface area contributed by atoms with Gasteiger partial charge in [0.1, 0.15) is 5.82 Å². The number of nitrogens with zero attached hydrogens (tertiary/aromatic N) is 4. The van der Waals surface area contributed by atoms with Crippen LogP contribution in [0.25, 0.3) is 0 Å². The summed E-state index contributed by atoms with van der Waals surface area (Å²) in [5.41, 5.74) is 1.36. The van der Waals surface area contributed by atoms with E-state index < -0.39 is 11.7 Å². The van der Waals surface area contributed by atoms with Crippen LogP contribution in [0.5, 0.6) is 0 Å². The van der Waals surface area contributed by atoms with Crippen molar-refractivity contribution in [2.75, 3.05) is 42.5 Å². The number of piperazine rings is 1. The van der Waals surface area contributed by atoms with Crippen LogP contribution in [0.1, 0.15) is 36.8 Å². The van der Waals surface area contributed by atoms with E-state index in [-0.39, 0.29) is 23.7 Å². The summed E-state index contributed by atoms with van der Waals surface area (Å²) in [6.45, 7) is 2.58. The molecule has 1 saturated carbocycles. The van der Waals surface area contributed by atoms with Crippen LogP contribution >= 0.6 is 0 Å². The van der Waals surface area contributed by atoms with Crippen molar-refractivity contribution in [3.8, 4) is 0 Å². The highest BCUT2D eigenvalue weighted by molar-refractivity contribution is 5.99. The molecular formula is C26H29F3N4O2. The monoisotopic (exact) mass is 486 g/mol. The number of hydrogen-bond acceptors (Lipinski definition) is 4. The summed E-state index contributed by atoms with van der Waals surface area (Å²) in [6, 6.07) is 10.4. The molecule has 9 heteroatoms. The van der Waals surface area contributed by atoms with Crippen LogP contribution in [0.15, 0.2) is 42.6 Å². The Kier molecular flexibility index (Phi) is 6.42. The van der Waals surface area contributed by atoms with Crippen molar-refractivity contribution in [3.05, 3.63) is 53.7 Å². The summed E-state index contributed by atoms with van der Waals surface area (Å²) in [6.07, 6.45) is 0.598. The molecule has 1 aromatic carbocycles. The number of fused-ring (bicyclic) bond motifs is 1. The van der Waals surface area contributed by atoms with E-state index in [1.165, 1.54) is 11.6 Å². The van der Waals surface area contributed by atoms with Crippen molar-refractivity contribution in [2.45, 2.75) is 38.3 Å². The van der Waals surface area contributed by atoms with Gasteiger partial charge in [0.05, 0.1) is 11.5 Å². The third kappa shape index (κ3) is 4.73. The van der Waals surface area contributed by atoms with Gasteiger partial charge in [0, 0.05) is 50.5 Å². The van der Waals surface area contributed by atoms with Gasteiger partial charge in [0.15, 0.2) is 0 Å². The first kappa shape index (κ1) is 23.6. The first-order valence-electron chi connectivity index (χ1n) is 12.3. The van der Waals surface area contributed by atoms with Crippen LogP contribution in [0, 0.1) is 11.8 Å². The van der Waals surface area contributed by atoms with E-state index in [1.54, 1.807) is 0 Å². The molecule has 5 rings (SSSR count). The lowest BCUT2D eigenvalue weighted by Gasteiger charge is -2.40. The van der Waals surface area contributed by atoms with Gasteiger partial charge in [-0.05, 0) is 43.0 Å². The molecular weight excluding hydrogens is 457 g/mol. The van der Waals surface area contributed by atoms with Gasteiger partial charge in [-0.3, -0.25) is 9.59 Å². The van der Waals surface area contributed by atoms with Gasteiger partial charge in [0.25, 0.3) is 0 Å². The van der Waals surface area contributed by atoms with Crippen molar-refractivity contribution in [2.24, 2.45) is 11.8 Å². The highest BCUT2D eigenvalue weighted by atomic mass is 19.4. The van der Waals surface area contributed by atoms with Crippen LogP contribution in [0.3, 0.4) is 0 Å². The average Bonchev–Trinajstić information content (AvgIpc) is 3.32. The van der Waals surface area contributed by atoms with Gasteiger partial charge in [-0.25, -0.2) is 4.98 Å². The van der Waals surface area contributed by atoms with Crippen molar-refractivity contribution in [1.82, 2.24) is 9.88 Å². The first-order valence-corrected chi connectivity index (χ1v) is 12.3. The molecule has 6 nitrogen and oxygen atoms in total. The number of benzene rings is 1. The Morgan fingerprint density at radius 2 is 1.54 bits per heavy atom. The second kappa shape index (κ2) is 9.51. The standard InChI is InChI=1S/C26H29F3N4O2/c27-26(28,29)19-9-10-23(30-17-19)31-13-15-32(16-14-31)24(34)20-6-2-3-7-21(20)25(35)33-12-11-18-5-1-4-8-22(18)33/h1,4-5,8-10,17,20-21H,2-3,6-7,11-16H2. The number of carbonyl (C=O) groups excluding carboxylic acids is 2. The van der Waals surface area contributed by atoms with Gasteiger partial charge >= 0.3 is 6.18 Å². The quantitative estimate of drug-likeness (QED) is 0.654. The zero-order chi connectivity index (χ0) is 24.6. The molecule has 2 unspecified atom stereocenters. The van der Waals surface area contributed by atoms with Gasteiger partial charge < -0.3 is 14.7 Å². The van der Waals surface area contributed by atoms with Crippen LogP contribution in [0.4, 0.5) is 24.7 Å². The Morgan fingerprint density at radius 1 is 0.857 bits per heavy atom. The highest BCUT2D eigenvalue weighted by Gasteiger charge is 2.41. The molecule has 0 N–H and O–H groups in total. The number of aromatic nitrogens is 1. The van der Waals surface area contributed by atoms with E-state index in [2.05, 4.69) is 11.1 Å². The minimum atomic E-state index is -4.41. The molecule has 3 aliphatic rings. The lowest BCUT2D eigenvalue weighted by Crippen LogP contribution is -2.53. The lowest BCUT2D eigenvalue weighted by molar-refractivity contribution is -0.143. The van der Waals surface area contributed by atoms with Crippen LogP contribution < -0.4 is 9.80 Å². The maximum Gasteiger partial charge on any atom is 0.417 e. The summed E-state index contributed by atoms with van der Waals surface area (Å²) in [5, 5.41) is 0. The van der Waals surface area contributed by atoms with E-state index in [9.17, 15) is 22.8 Å². The molecule has 0 radical (unpaired) electrons. The molecule has 186 valence electrons. The van der Waals surface area contributed by atoms with Crippen LogP contribution in [-0.2, 0) is 22.2 Å². The Bertz CT molecular complexity index is 1080. The molecule has 0 bridgehead atoms. The van der Waals surface area contributed by atoms with Crippen molar-refractivity contribution in [3.63, 3.8) is 0 Å². The number of hydrogen-bond donors (Lipinski definition) is 0. The second-order valence-corrected chi connectivity index (χ2v) is 9.58. The summed E-state index contributed by atoms with van der Waals surface area (Å²) in [5.74, 6) is -0.0727. The Hall–Kier alpha value is -3.10. The highest BCUT2D eigenvalue weighted by Crippen LogP contribution is 2.37. The fourth-order valence-corrected chi connectivity index (χ4v) is 5.62. The van der Waals surface area contributed by atoms with E-state index in [0.717, 1.165) is 43.6 Å². The molecule has 35 heavy (non-hydrogen) atoms. The fourth-order valence-electron chi connectivity index (χ4n) is 5.62. The largest absolute Gasteiger partial charge is 0.417 e. The van der Waals surface area contributed by atoms with Crippen LogP contribution in [-0.4, -0.2) is 54.4 Å². The zero-order valence-electron chi connectivity index (χ0n) is 19.5. The Balaban J connectivity index is 1.23. The van der Waals surface area contributed by atoms with E-state index in [0.29, 0.717) is 45.0 Å². The predicted octanol–water partition coefficient (Wildman–Crippen LogP) is 4.14. The minimum absolute atomic E-state index is 0.0237. The molecule has 2 amide bonds. The topological polar surface area (TPSA) is 56.8 Å². The summed E-state index contributed by atoms with van der Waals surface area (Å²) in [7, 11) is 0. The maximum atomic E-state index is 13.6. The van der Waals surface area contributed by atoms with Gasteiger partial charge in [-0.2, -0.15) is 13.2 Å². The minimum Gasteiger partial charge on any atom is -0.353 e. The Labute approximate surface area is 202 Å². The molecule has 2 fully saturated rings. The third-order valence-corrected chi connectivity index (χ3v) is 7.54. The molecule has 3 heterocycles. The van der Waals surface area contributed by atoms with Crippen molar-refractivity contribution < 1.29 is 22.8 Å². The number of anilines is 2. The molecule has 1 aliphatic carbocycles. The summed E-state index contributed by atoms with van der Waals surface area (Å²) >= 11 is 0. The number of para-hydroxylation sites is 1. The lowest BCUT2D eigenvalue weighted by atomic mass is 9.77. The number of carbonyl (C=O) groups is 2. The fraction of sp³-hybridized carbons (Fsp3) is 0.500. The molecule has 0 spiro atoms.